The number of Topliss-reactive ketones (excluding diaryl/α,β-unsaturated/α-hetero) is 1. The molecule has 0 aliphatic carbocycles. The molecule has 0 saturated carbocycles. The van der Waals surface area contributed by atoms with Gasteiger partial charge in [0.1, 0.15) is 5.69 Å². The zero-order chi connectivity index (χ0) is 9.84. The molecule has 0 fully saturated rings. The highest BCUT2D eigenvalue weighted by Crippen LogP contribution is 2.06. The van der Waals surface area contributed by atoms with Crippen molar-refractivity contribution in [1.29, 1.82) is 0 Å². The third-order valence-electron chi connectivity index (χ3n) is 1.63. The molecule has 0 amide bonds. The Labute approximate surface area is 76.8 Å². The van der Waals surface area contributed by atoms with Gasteiger partial charge in [0.05, 0.1) is 6.61 Å². The van der Waals surface area contributed by atoms with Crippen molar-refractivity contribution in [3.05, 3.63) is 30.3 Å². The van der Waals surface area contributed by atoms with Crippen LogP contribution in [0.3, 0.4) is 0 Å². The fourth-order valence-corrected chi connectivity index (χ4v) is 0.979. The highest BCUT2D eigenvalue weighted by atomic mass is 16.5. The van der Waals surface area contributed by atoms with E-state index in [1.54, 1.807) is 19.3 Å². The second-order valence-corrected chi connectivity index (χ2v) is 2.53. The summed E-state index contributed by atoms with van der Waals surface area (Å²) < 4.78 is 6.49. The highest BCUT2D eigenvalue weighted by molar-refractivity contribution is 6.05. The van der Waals surface area contributed by atoms with Crippen LogP contribution in [0.4, 0.5) is 0 Å². The number of allylic oxidation sites excluding steroid dienone is 1. The highest BCUT2D eigenvalue weighted by Gasteiger charge is 2.14. The van der Waals surface area contributed by atoms with Gasteiger partial charge in [-0.1, -0.05) is 6.58 Å². The Kier molecular flexibility index (Phi) is 2.84. The van der Waals surface area contributed by atoms with Gasteiger partial charge in [-0.05, 0) is 13.0 Å². The van der Waals surface area contributed by atoms with Gasteiger partial charge in [-0.15, -0.1) is 0 Å². The summed E-state index contributed by atoms with van der Waals surface area (Å²) in [6.45, 7) is 5.78. The Balaban J connectivity index is 2.80. The molecule has 1 heterocycles. The molecule has 0 unspecified atom stereocenters. The first-order valence-electron chi connectivity index (χ1n) is 4.01. The fraction of sp³-hybridized carbons (Fsp3) is 0.333. The predicted molar refractivity (Wildman–Crippen MR) is 48.3 cm³/mol. The first-order chi connectivity index (χ1) is 6.16. The summed E-state index contributed by atoms with van der Waals surface area (Å²) in [6.07, 6.45) is 1.56. The Morgan fingerprint density at radius 3 is 2.92 bits per heavy atom. The molecule has 0 radical (unpaired) electrons. The van der Waals surface area contributed by atoms with Gasteiger partial charge in [0.25, 0.3) is 0 Å². The summed E-state index contributed by atoms with van der Waals surface area (Å²) in [7, 11) is 1.70. The van der Waals surface area contributed by atoms with Crippen LogP contribution in [0.2, 0.25) is 0 Å². The van der Waals surface area contributed by atoms with Crippen molar-refractivity contribution in [2.24, 2.45) is 7.05 Å². The maximum Gasteiger partial charge on any atom is 0.244 e. The molecule has 0 atom stereocenters. The number of aromatic nitrogens is 2. The topological polar surface area (TPSA) is 44.1 Å². The Morgan fingerprint density at radius 2 is 2.46 bits per heavy atom. The molecule has 0 spiro atoms. The minimum Gasteiger partial charge on any atom is -0.490 e. The maximum absolute atomic E-state index is 11.5. The largest absolute Gasteiger partial charge is 0.490 e. The van der Waals surface area contributed by atoms with Crippen molar-refractivity contribution >= 4 is 5.78 Å². The predicted octanol–water partition coefficient (Wildman–Crippen LogP) is 1.15. The second-order valence-electron chi connectivity index (χ2n) is 2.53. The van der Waals surface area contributed by atoms with Gasteiger partial charge in [0.15, 0.2) is 5.76 Å². The summed E-state index contributed by atoms with van der Waals surface area (Å²) >= 11 is 0. The molecule has 1 rings (SSSR count). The van der Waals surface area contributed by atoms with Crippen LogP contribution in [0, 0.1) is 0 Å². The third-order valence-corrected chi connectivity index (χ3v) is 1.63. The van der Waals surface area contributed by atoms with Gasteiger partial charge < -0.3 is 4.74 Å². The summed E-state index contributed by atoms with van der Waals surface area (Å²) in [5.41, 5.74) is 0.485. The average molecular weight is 180 g/mol. The number of rotatable bonds is 4. The number of nitrogens with zero attached hydrogens (tertiary/aromatic N) is 2. The normalized spacial score (nSPS) is 9.69. The molecule has 0 aliphatic heterocycles. The molecule has 0 saturated heterocycles. The summed E-state index contributed by atoms with van der Waals surface area (Å²) in [6, 6.07) is 1.63. The lowest BCUT2D eigenvalue weighted by Crippen LogP contribution is -2.10. The molecule has 1 aromatic heterocycles. The van der Waals surface area contributed by atoms with Crippen LogP contribution in [-0.2, 0) is 11.8 Å². The number of carbonyl (C=O) groups is 1. The lowest BCUT2D eigenvalue weighted by Gasteiger charge is -2.04. The van der Waals surface area contributed by atoms with Crippen LogP contribution >= 0.6 is 0 Å². The summed E-state index contributed by atoms with van der Waals surface area (Å²) in [5, 5.41) is 3.88. The Hall–Kier alpha value is -1.58. The maximum atomic E-state index is 11.5. The quantitative estimate of drug-likeness (QED) is 0.396. The van der Waals surface area contributed by atoms with Crippen molar-refractivity contribution in [3.8, 4) is 0 Å². The van der Waals surface area contributed by atoms with Crippen molar-refractivity contribution in [3.63, 3.8) is 0 Å². The molecule has 70 valence electrons. The molecule has 4 heteroatoms. The van der Waals surface area contributed by atoms with E-state index in [0.29, 0.717) is 12.3 Å². The molecule has 0 bridgehead atoms. The average Bonchev–Trinajstić information content (AvgIpc) is 2.50. The molecular formula is C9H12N2O2. The van der Waals surface area contributed by atoms with Gasteiger partial charge in [0.2, 0.25) is 5.78 Å². The number of aryl methyl sites for hydroxylation is 1. The molecule has 0 aliphatic rings. The van der Waals surface area contributed by atoms with E-state index in [0.717, 1.165) is 0 Å². The third kappa shape index (κ3) is 1.96. The minimum absolute atomic E-state index is 0.158. The van der Waals surface area contributed by atoms with Crippen LogP contribution in [0.5, 0.6) is 0 Å². The standard InChI is InChI=1S/C9H12N2O2/c1-4-13-7(2)9(12)8-5-6-10-11(8)3/h5-6H,2,4H2,1,3H3. The van der Waals surface area contributed by atoms with Crippen molar-refractivity contribution in [2.45, 2.75) is 6.92 Å². The number of hydrogen-bond acceptors (Lipinski definition) is 3. The van der Waals surface area contributed by atoms with Crippen molar-refractivity contribution in [1.82, 2.24) is 9.78 Å². The Bertz CT molecular complexity index is 328. The molecule has 0 aromatic carbocycles. The van der Waals surface area contributed by atoms with Crippen molar-refractivity contribution < 1.29 is 9.53 Å². The summed E-state index contributed by atoms with van der Waals surface area (Å²) in [4.78, 5) is 11.5. The van der Waals surface area contributed by atoms with Gasteiger partial charge in [-0.2, -0.15) is 5.10 Å². The van der Waals surface area contributed by atoms with Crippen molar-refractivity contribution in [2.75, 3.05) is 6.61 Å². The fourth-order valence-electron chi connectivity index (χ4n) is 0.979. The number of carbonyl (C=O) groups excluding carboxylic acids is 1. The van der Waals surface area contributed by atoms with E-state index in [1.807, 2.05) is 6.92 Å². The van der Waals surface area contributed by atoms with Gasteiger partial charge in [0, 0.05) is 13.2 Å². The lowest BCUT2D eigenvalue weighted by atomic mass is 10.2. The SMILES string of the molecule is C=C(OCC)C(=O)c1ccnn1C. The van der Waals surface area contributed by atoms with E-state index >= 15 is 0 Å². The van der Waals surface area contributed by atoms with E-state index in [9.17, 15) is 4.79 Å². The van der Waals surface area contributed by atoms with Crippen LogP contribution < -0.4 is 0 Å². The second kappa shape index (κ2) is 3.89. The molecule has 1 aromatic rings. The lowest BCUT2D eigenvalue weighted by molar-refractivity contribution is 0.0920. The smallest absolute Gasteiger partial charge is 0.244 e. The van der Waals surface area contributed by atoms with E-state index in [4.69, 9.17) is 4.74 Å². The summed E-state index contributed by atoms with van der Waals surface area (Å²) in [5.74, 6) is -0.0621. The molecule has 0 N–H and O–H groups in total. The van der Waals surface area contributed by atoms with E-state index in [1.165, 1.54) is 4.68 Å². The first kappa shape index (κ1) is 9.51. The van der Waals surface area contributed by atoms with E-state index in [-0.39, 0.29) is 11.5 Å². The minimum atomic E-state index is -0.221. The van der Waals surface area contributed by atoms with Crippen LogP contribution in [0.25, 0.3) is 0 Å². The first-order valence-corrected chi connectivity index (χ1v) is 4.01. The monoisotopic (exact) mass is 180 g/mol. The van der Waals surface area contributed by atoms with E-state index in [2.05, 4.69) is 11.7 Å². The Morgan fingerprint density at radius 1 is 1.77 bits per heavy atom. The van der Waals surface area contributed by atoms with Gasteiger partial charge in [-0.3, -0.25) is 9.48 Å². The molecule has 4 nitrogen and oxygen atoms in total. The van der Waals surface area contributed by atoms with Crippen LogP contribution in [0.1, 0.15) is 17.4 Å². The molecular weight excluding hydrogens is 168 g/mol. The number of ether oxygens (including phenoxy) is 1. The van der Waals surface area contributed by atoms with Crippen LogP contribution in [-0.4, -0.2) is 22.2 Å². The zero-order valence-corrected chi connectivity index (χ0v) is 7.78. The number of hydrogen-bond donors (Lipinski definition) is 0. The molecule has 13 heavy (non-hydrogen) atoms. The number of ketones is 1. The van der Waals surface area contributed by atoms with E-state index < -0.39 is 0 Å². The van der Waals surface area contributed by atoms with Crippen LogP contribution in [0.15, 0.2) is 24.6 Å². The van der Waals surface area contributed by atoms with Gasteiger partial charge >= 0.3 is 0 Å². The zero-order valence-electron chi connectivity index (χ0n) is 7.78. The van der Waals surface area contributed by atoms with Gasteiger partial charge in [-0.25, -0.2) is 0 Å².